The minimum absolute atomic E-state index is 0.379. The summed E-state index contributed by atoms with van der Waals surface area (Å²) in [5.74, 6) is 2.41. The van der Waals surface area contributed by atoms with Crippen molar-refractivity contribution >= 4 is 5.91 Å². The van der Waals surface area contributed by atoms with Crippen LogP contribution in [0.1, 0.15) is 58.8 Å². The number of carbonyl (C=O) groups excluding carboxylic acids is 1. The molecule has 4 atom stereocenters. The molecular weight excluding hydrogens is 236 g/mol. The van der Waals surface area contributed by atoms with Gasteiger partial charge >= 0.3 is 0 Å². The van der Waals surface area contributed by atoms with E-state index in [2.05, 4.69) is 18.7 Å². The second kappa shape index (κ2) is 6.74. The highest BCUT2D eigenvalue weighted by molar-refractivity contribution is 5.76. The minimum atomic E-state index is 0.379. The third kappa shape index (κ3) is 3.50. The van der Waals surface area contributed by atoms with E-state index in [9.17, 15) is 4.79 Å². The van der Waals surface area contributed by atoms with Crippen molar-refractivity contribution < 1.29 is 4.79 Å². The summed E-state index contributed by atoms with van der Waals surface area (Å²) in [6.45, 7) is 6.19. The molecule has 3 heteroatoms. The van der Waals surface area contributed by atoms with Crippen LogP contribution in [-0.4, -0.2) is 29.9 Å². The van der Waals surface area contributed by atoms with E-state index in [1.54, 1.807) is 0 Å². The average molecular weight is 266 g/mol. The van der Waals surface area contributed by atoms with Gasteiger partial charge in [0.15, 0.2) is 0 Å². The van der Waals surface area contributed by atoms with Gasteiger partial charge in [-0.2, -0.15) is 0 Å². The first-order valence-electron chi connectivity index (χ1n) is 8.13. The molecule has 1 heterocycles. The number of piperidine rings is 1. The molecular formula is C16H30N2O. The van der Waals surface area contributed by atoms with Crippen molar-refractivity contribution in [1.82, 2.24) is 4.90 Å². The number of rotatable bonds is 4. The zero-order chi connectivity index (χ0) is 13.8. The normalized spacial score (nSPS) is 32.8. The zero-order valence-corrected chi connectivity index (χ0v) is 12.6. The van der Waals surface area contributed by atoms with Crippen molar-refractivity contribution in [2.24, 2.45) is 23.5 Å². The number of fused-ring (bicyclic) bond motifs is 1. The van der Waals surface area contributed by atoms with Gasteiger partial charge in [0.05, 0.1) is 0 Å². The highest BCUT2D eigenvalue weighted by Gasteiger charge is 2.38. The third-order valence-corrected chi connectivity index (χ3v) is 5.31. The Kier molecular flexibility index (Phi) is 5.26. The van der Waals surface area contributed by atoms with E-state index in [4.69, 9.17) is 5.73 Å². The average Bonchev–Trinajstić information content (AvgIpc) is 2.45. The van der Waals surface area contributed by atoms with Gasteiger partial charge in [-0.3, -0.25) is 4.79 Å². The van der Waals surface area contributed by atoms with Crippen LogP contribution in [0.15, 0.2) is 0 Å². The molecule has 2 rings (SSSR count). The maximum Gasteiger partial charge on any atom is 0.222 e. The second-order valence-corrected chi connectivity index (χ2v) is 6.75. The number of hydrogen-bond acceptors (Lipinski definition) is 2. The lowest BCUT2D eigenvalue weighted by Gasteiger charge is -2.47. The van der Waals surface area contributed by atoms with E-state index < -0.39 is 0 Å². The zero-order valence-electron chi connectivity index (χ0n) is 12.6. The van der Waals surface area contributed by atoms with Gasteiger partial charge in [0.25, 0.3) is 0 Å². The molecule has 0 radical (unpaired) electrons. The fraction of sp³-hybridized carbons (Fsp3) is 0.938. The van der Waals surface area contributed by atoms with Crippen molar-refractivity contribution in [3.8, 4) is 0 Å². The molecule has 1 saturated heterocycles. The smallest absolute Gasteiger partial charge is 0.222 e. The Morgan fingerprint density at radius 1 is 1.32 bits per heavy atom. The summed E-state index contributed by atoms with van der Waals surface area (Å²) in [6, 6.07) is 0.540. The SMILES string of the molecule is CC(CN)CCC(=O)N1CCC(C)C2CCCCC21. The number of likely N-dealkylation sites (tertiary alicyclic amines) is 1. The standard InChI is InChI=1S/C16H30N2O/c1-12(11-17)7-8-16(19)18-10-9-13(2)14-5-3-4-6-15(14)18/h12-15H,3-11,17H2,1-2H3. The maximum absolute atomic E-state index is 12.5. The Hall–Kier alpha value is -0.570. The van der Waals surface area contributed by atoms with Gasteiger partial charge in [0.2, 0.25) is 5.91 Å². The Morgan fingerprint density at radius 2 is 2.05 bits per heavy atom. The van der Waals surface area contributed by atoms with Gasteiger partial charge in [-0.15, -0.1) is 0 Å². The quantitative estimate of drug-likeness (QED) is 0.850. The fourth-order valence-corrected chi connectivity index (χ4v) is 3.85. The van der Waals surface area contributed by atoms with Crippen LogP contribution in [0.4, 0.5) is 0 Å². The van der Waals surface area contributed by atoms with Gasteiger partial charge in [0.1, 0.15) is 0 Å². The Bertz CT molecular complexity index is 305. The minimum Gasteiger partial charge on any atom is -0.339 e. The van der Waals surface area contributed by atoms with E-state index in [0.29, 0.717) is 30.8 Å². The topological polar surface area (TPSA) is 46.3 Å². The monoisotopic (exact) mass is 266 g/mol. The molecule has 1 saturated carbocycles. The predicted molar refractivity (Wildman–Crippen MR) is 78.7 cm³/mol. The molecule has 0 aromatic heterocycles. The third-order valence-electron chi connectivity index (χ3n) is 5.31. The number of nitrogens with two attached hydrogens (primary N) is 1. The first kappa shape index (κ1) is 14.8. The molecule has 1 aliphatic carbocycles. The number of hydrogen-bond donors (Lipinski definition) is 1. The van der Waals surface area contributed by atoms with Crippen LogP contribution >= 0.6 is 0 Å². The van der Waals surface area contributed by atoms with Crippen LogP contribution in [0.5, 0.6) is 0 Å². The van der Waals surface area contributed by atoms with Crippen LogP contribution in [0, 0.1) is 17.8 Å². The lowest BCUT2D eigenvalue weighted by Crippen LogP contribution is -2.52. The van der Waals surface area contributed by atoms with E-state index in [1.807, 2.05) is 0 Å². The molecule has 1 aliphatic heterocycles. The first-order chi connectivity index (χ1) is 9.13. The number of carbonyl (C=O) groups is 1. The Balaban J connectivity index is 1.93. The van der Waals surface area contributed by atoms with Gasteiger partial charge in [0, 0.05) is 19.0 Å². The lowest BCUT2D eigenvalue weighted by atomic mass is 9.72. The number of nitrogens with zero attached hydrogens (tertiary/aromatic N) is 1. The molecule has 0 bridgehead atoms. The van der Waals surface area contributed by atoms with E-state index in [1.165, 1.54) is 32.1 Å². The Labute approximate surface area is 117 Å². The van der Waals surface area contributed by atoms with E-state index in [-0.39, 0.29) is 0 Å². The summed E-state index contributed by atoms with van der Waals surface area (Å²) >= 11 is 0. The van der Waals surface area contributed by atoms with Crippen LogP contribution in [0.3, 0.4) is 0 Å². The molecule has 1 amide bonds. The van der Waals surface area contributed by atoms with Crippen LogP contribution in [-0.2, 0) is 4.79 Å². The van der Waals surface area contributed by atoms with Gasteiger partial charge in [-0.1, -0.05) is 26.7 Å². The molecule has 0 aromatic rings. The molecule has 2 N–H and O–H groups in total. The molecule has 110 valence electrons. The van der Waals surface area contributed by atoms with Crippen molar-refractivity contribution in [3.05, 3.63) is 0 Å². The molecule has 19 heavy (non-hydrogen) atoms. The summed E-state index contributed by atoms with van der Waals surface area (Å²) < 4.78 is 0. The van der Waals surface area contributed by atoms with Crippen molar-refractivity contribution in [2.45, 2.75) is 64.8 Å². The first-order valence-corrected chi connectivity index (χ1v) is 8.13. The largest absolute Gasteiger partial charge is 0.339 e. The fourth-order valence-electron chi connectivity index (χ4n) is 3.85. The van der Waals surface area contributed by atoms with Crippen molar-refractivity contribution in [1.29, 1.82) is 0 Å². The van der Waals surface area contributed by atoms with Gasteiger partial charge in [-0.25, -0.2) is 0 Å². The number of amides is 1. The van der Waals surface area contributed by atoms with Crippen LogP contribution in [0.25, 0.3) is 0 Å². The second-order valence-electron chi connectivity index (χ2n) is 6.75. The van der Waals surface area contributed by atoms with Crippen molar-refractivity contribution in [2.75, 3.05) is 13.1 Å². The highest BCUT2D eigenvalue weighted by atomic mass is 16.2. The molecule has 2 fully saturated rings. The molecule has 0 aromatic carbocycles. The maximum atomic E-state index is 12.5. The highest BCUT2D eigenvalue weighted by Crippen LogP contribution is 2.39. The van der Waals surface area contributed by atoms with Gasteiger partial charge < -0.3 is 10.6 Å². The molecule has 4 unspecified atom stereocenters. The predicted octanol–water partition coefficient (Wildman–Crippen LogP) is 2.79. The molecule has 2 aliphatic rings. The Morgan fingerprint density at radius 3 is 2.79 bits per heavy atom. The molecule has 3 nitrogen and oxygen atoms in total. The van der Waals surface area contributed by atoms with E-state index >= 15 is 0 Å². The summed E-state index contributed by atoms with van der Waals surface area (Å²) in [4.78, 5) is 14.7. The van der Waals surface area contributed by atoms with Crippen LogP contribution < -0.4 is 5.73 Å². The summed E-state index contributed by atoms with van der Waals surface area (Å²) in [5, 5.41) is 0. The molecule has 0 spiro atoms. The van der Waals surface area contributed by atoms with Gasteiger partial charge in [-0.05, 0) is 50.0 Å². The summed E-state index contributed by atoms with van der Waals surface area (Å²) in [6.07, 6.45) is 8.05. The van der Waals surface area contributed by atoms with Crippen LogP contribution in [0.2, 0.25) is 0 Å². The summed E-state index contributed by atoms with van der Waals surface area (Å²) in [5.41, 5.74) is 5.64. The van der Waals surface area contributed by atoms with E-state index in [0.717, 1.165) is 24.8 Å². The van der Waals surface area contributed by atoms with Crippen molar-refractivity contribution in [3.63, 3.8) is 0 Å². The summed E-state index contributed by atoms with van der Waals surface area (Å²) in [7, 11) is 0. The lowest BCUT2D eigenvalue weighted by molar-refractivity contribution is -0.139.